The number of hydrogen-bond donors (Lipinski definition) is 0. The van der Waals surface area contributed by atoms with Gasteiger partial charge in [-0.2, -0.15) is 0 Å². The molecule has 1 atom stereocenters. The first kappa shape index (κ1) is 20.4. The number of benzene rings is 1. The van der Waals surface area contributed by atoms with Gasteiger partial charge in [-0.3, -0.25) is 9.59 Å². The predicted octanol–water partition coefficient (Wildman–Crippen LogP) is 2.66. The van der Waals surface area contributed by atoms with Gasteiger partial charge in [0, 0.05) is 51.7 Å². The summed E-state index contributed by atoms with van der Waals surface area (Å²) >= 11 is 0. The highest BCUT2D eigenvalue weighted by Crippen LogP contribution is 2.57. The van der Waals surface area contributed by atoms with Crippen molar-refractivity contribution < 1.29 is 9.59 Å². The molecule has 2 spiro atoms. The second-order valence-corrected chi connectivity index (χ2v) is 9.95. The summed E-state index contributed by atoms with van der Waals surface area (Å²) < 4.78 is 0. The number of piperidine rings is 1. The van der Waals surface area contributed by atoms with E-state index in [9.17, 15) is 9.59 Å². The van der Waals surface area contributed by atoms with Crippen LogP contribution in [0.15, 0.2) is 30.3 Å². The summed E-state index contributed by atoms with van der Waals surface area (Å²) in [6.07, 6.45) is 3.33. The average molecular weight is 398 g/mol. The Morgan fingerprint density at radius 2 is 1.72 bits per heavy atom. The van der Waals surface area contributed by atoms with Crippen molar-refractivity contribution in [1.29, 1.82) is 0 Å². The van der Waals surface area contributed by atoms with Gasteiger partial charge in [-0.1, -0.05) is 44.2 Å². The highest BCUT2D eigenvalue weighted by Gasteiger charge is 2.64. The summed E-state index contributed by atoms with van der Waals surface area (Å²) in [5.74, 6) is 1.16. The fourth-order valence-electron chi connectivity index (χ4n) is 6.10. The van der Waals surface area contributed by atoms with Gasteiger partial charge in [0.05, 0.1) is 11.8 Å². The first-order chi connectivity index (χ1) is 13.9. The van der Waals surface area contributed by atoms with E-state index in [1.165, 1.54) is 0 Å². The van der Waals surface area contributed by atoms with E-state index < -0.39 is 0 Å². The highest BCUT2D eigenvalue weighted by atomic mass is 16.2. The van der Waals surface area contributed by atoms with Crippen LogP contribution in [-0.2, 0) is 16.0 Å². The molecule has 5 heteroatoms. The number of carbonyl (C=O) groups excluding carboxylic acids is 2. The molecule has 0 bridgehead atoms. The summed E-state index contributed by atoms with van der Waals surface area (Å²) in [7, 11) is 1.95. The highest BCUT2D eigenvalue weighted by molar-refractivity contribution is 5.86. The zero-order valence-corrected chi connectivity index (χ0v) is 18.2. The van der Waals surface area contributed by atoms with Crippen molar-refractivity contribution in [3.05, 3.63) is 35.9 Å². The molecule has 0 aliphatic carbocycles. The number of hydrogen-bond acceptors (Lipinski definition) is 3. The van der Waals surface area contributed by atoms with E-state index in [1.54, 1.807) is 0 Å². The third kappa shape index (κ3) is 3.58. The molecule has 3 aliphatic rings. The van der Waals surface area contributed by atoms with Crippen LogP contribution in [0, 0.1) is 16.7 Å². The Kier molecular flexibility index (Phi) is 5.45. The largest absolute Gasteiger partial charge is 0.345 e. The van der Waals surface area contributed by atoms with Crippen molar-refractivity contribution in [2.24, 2.45) is 16.7 Å². The molecule has 1 aromatic rings. The Labute approximate surface area is 175 Å². The first-order valence-corrected chi connectivity index (χ1v) is 11.1. The Morgan fingerprint density at radius 1 is 1.03 bits per heavy atom. The Bertz CT molecular complexity index is 755. The van der Waals surface area contributed by atoms with Gasteiger partial charge >= 0.3 is 0 Å². The molecule has 2 amide bonds. The van der Waals surface area contributed by atoms with Crippen LogP contribution in [-0.4, -0.2) is 72.8 Å². The molecule has 158 valence electrons. The van der Waals surface area contributed by atoms with Gasteiger partial charge in [-0.25, -0.2) is 0 Å². The predicted molar refractivity (Wildman–Crippen MR) is 114 cm³/mol. The lowest BCUT2D eigenvalue weighted by Crippen LogP contribution is -2.53. The monoisotopic (exact) mass is 397 g/mol. The van der Waals surface area contributed by atoms with E-state index in [0.29, 0.717) is 18.2 Å². The van der Waals surface area contributed by atoms with E-state index in [0.717, 1.165) is 64.1 Å². The number of amides is 2. The molecule has 5 nitrogen and oxygen atoms in total. The van der Waals surface area contributed by atoms with Crippen LogP contribution in [0.25, 0.3) is 0 Å². The summed E-state index contributed by atoms with van der Waals surface area (Å²) in [6.45, 7) is 9.89. The minimum absolute atomic E-state index is 0.0211. The van der Waals surface area contributed by atoms with E-state index in [1.807, 2.05) is 47.2 Å². The molecule has 0 saturated carbocycles. The van der Waals surface area contributed by atoms with Crippen LogP contribution >= 0.6 is 0 Å². The minimum atomic E-state index is -0.245. The molecule has 0 aromatic heterocycles. The third-order valence-corrected chi connectivity index (χ3v) is 7.56. The quantitative estimate of drug-likeness (QED) is 0.785. The molecule has 0 radical (unpaired) electrons. The zero-order chi connectivity index (χ0) is 20.6. The van der Waals surface area contributed by atoms with Gasteiger partial charge in [0.1, 0.15) is 0 Å². The van der Waals surface area contributed by atoms with E-state index in [2.05, 4.69) is 18.7 Å². The van der Waals surface area contributed by atoms with Gasteiger partial charge in [-0.15, -0.1) is 0 Å². The van der Waals surface area contributed by atoms with Crippen LogP contribution in [0.3, 0.4) is 0 Å². The maximum Gasteiger partial charge on any atom is 0.230 e. The molecule has 0 N–H and O–H groups in total. The molecular formula is C24H35N3O2. The standard InChI is InChI=1S/C24H35N3O2/c1-19(2)16-26-17-23(24(18-26)11-12-25(3)22(24)29)9-13-27(14-10-23)21(28)15-20-7-5-4-6-8-20/h4-8,19H,9-18H2,1-3H3. The average Bonchev–Trinajstić information content (AvgIpc) is 3.14. The molecule has 3 heterocycles. The number of fused-ring (bicyclic) bond motifs is 1. The van der Waals surface area contributed by atoms with E-state index in [-0.39, 0.29) is 16.7 Å². The molecule has 3 fully saturated rings. The van der Waals surface area contributed by atoms with E-state index >= 15 is 0 Å². The van der Waals surface area contributed by atoms with E-state index in [4.69, 9.17) is 0 Å². The topological polar surface area (TPSA) is 43.9 Å². The van der Waals surface area contributed by atoms with Gasteiger partial charge in [0.15, 0.2) is 0 Å². The summed E-state index contributed by atoms with van der Waals surface area (Å²) in [6, 6.07) is 10.00. The molecule has 4 rings (SSSR count). The second kappa shape index (κ2) is 7.75. The van der Waals surface area contributed by atoms with Gasteiger partial charge in [0.25, 0.3) is 0 Å². The lowest BCUT2D eigenvalue weighted by Gasteiger charge is -2.47. The van der Waals surface area contributed by atoms with Crippen molar-refractivity contribution in [2.75, 3.05) is 46.3 Å². The molecule has 1 aromatic carbocycles. The smallest absolute Gasteiger partial charge is 0.230 e. The number of likely N-dealkylation sites (tertiary alicyclic amines) is 3. The summed E-state index contributed by atoms with van der Waals surface area (Å²) in [5.41, 5.74) is 0.851. The van der Waals surface area contributed by atoms with Crippen molar-refractivity contribution in [3.63, 3.8) is 0 Å². The fraction of sp³-hybridized carbons (Fsp3) is 0.667. The normalized spacial score (nSPS) is 27.0. The third-order valence-electron chi connectivity index (χ3n) is 7.56. The fourth-order valence-corrected chi connectivity index (χ4v) is 6.10. The molecule has 1 unspecified atom stereocenters. The summed E-state index contributed by atoms with van der Waals surface area (Å²) in [5, 5.41) is 0. The van der Waals surface area contributed by atoms with Crippen molar-refractivity contribution in [2.45, 2.75) is 39.5 Å². The molecule has 3 saturated heterocycles. The molecular weight excluding hydrogens is 362 g/mol. The van der Waals surface area contributed by atoms with Gasteiger partial charge in [0.2, 0.25) is 11.8 Å². The number of rotatable bonds is 4. The van der Waals surface area contributed by atoms with Crippen molar-refractivity contribution in [3.8, 4) is 0 Å². The number of carbonyl (C=O) groups is 2. The maximum atomic E-state index is 13.3. The van der Waals surface area contributed by atoms with Gasteiger partial charge in [-0.05, 0) is 30.7 Å². The van der Waals surface area contributed by atoms with Crippen LogP contribution in [0.4, 0.5) is 0 Å². The van der Waals surface area contributed by atoms with Crippen molar-refractivity contribution in [1.82, 2.24) is 14.7 Å². The Morgan fingerprint density at radius 3 is 2.31 bits per heavy atom. The van der Waals surface area contributed by atoms with Crippen molar-refractivity contribution >= 4 is 11.8 Å². The maximum absolute atomic E-state index is 13.3. The van der Waals surface area contributed by atoms with Crippen LogP contribution in [0.5, 0.6) is 0 Å². The first-order valence-electron chi connectivity index (χ1n) is 11.1. The second-order valence-electron chi connectivity index (χ2n) is 9.95. The molecule has 29 heavy (non-hydrogen) atoms. The Balaban J connectivity index is 1.48. The minimum Gasteiger partial charge on any atom is -0.345 e. The molecule has 3 aliphatic heterocycles. The lowest BCUT2D eigenvalue weighted by atomic mass is 9.60. The number of nitrogens with zero attached hydrogens (tertiary/aromatic N) is 3. The Hall–Kier alpha value is -1.88. The zero-order valence-electron chi connectivity index (χ0n) is 18.2. The van der Waals surface area contributed by atoms with Gasteiger partial charge < -0.3 is 14.7 Å². The van der Waals surface area contributed by atoms with Crippen LogP contribution < -0.4 is 0 Å². The van der Waals surface area contributed by atoms with Crippen LogP contribution in [0.2, 0.25) is 0 Å². The summed E-state index contributed by atoms with van der Waals surface area (Å²) in [4.78, 5) is 32.7. The SMILES string of the molecule is CC(C)CN1CC2(CCN(C(=O)Cc3ccccc3)CC2)C2(CCN(C)C2=O)C1. The van der Waals surface area contributed by atoms with Crippen LogP contribution in [0.1, 0.15) is 38.7 Å². The lowest BCUT2D eigenvalue weighted by molar-refractivity contribution is -0.143.